The highest BCUT2D eigenvalue weighted by molar-refractivity contribution is 9.10. The van der Waals surface area contributed by atoms with Gasteiger partial charge in [0.05, 0.1) is 6.20 Å². The van der Waals surface area contributed by atoms with Gasteiger partial charge in [-0.25, -0.2) is 0 Å². The zero-order chi connectivity index (χ0) is 15.1. The van der Waals surface area contributed by atoms with Crippen molar-refractivity contribution in [1.29, 1.82) is 0 Å². The molecule has 0 radical (unpaired) electrons. The van der Waals surface area contributed by atoms with Crippen molar-refractivity contribution in [3.8, 4) is 0 Å². The molecular weight excluding hydrogens is 330 g/mol. The van der Waals surface area contributed by atoms with Crippen LogP contribution in [0.1, 0.15) is 31.7 Å². The van der Waals surface area contributed by atoms with Gasteiger partial charge in [0.1, 0.15) is 0 Å². The largest absolute Gasteiger partial charge is 0.369 e. The number of halogens is 1. The molecule has 2 N–H and O–H groups in total. The standard InChI is InChI=1S/C15H20BrN5/c1-3-4-5-8-17-14-10-18-21-15(20-14)19-12-7-6-11(2)13(16)9-12/h6-7,9-10H,3-5,8H2,1-2H3,(H2,17,19,20,21). The summed E-state index contributed by atoms with van der Waals surface area (Å²) in [5, 5.41) is 14.4. The van der Waals surface area contributed by atoms with Crippen LogP contribution in [0.5, 0.6) is 0 Å². The lowest BCUT2D eigenvalue weighted by Gasteiger charge is -2.08. The molecule has 0 amide bonds. The van der Waals surface area contributed by atoms with Gasteiger partial charge in [0.2, 0.25) is 5.95 Å². The van der Waals surface area contributed by atoms with Gasteiger partial charge < -0.3 is 10.6 Å². The summed E-state index contributed by atoms with van der Waals surface area (Å²) in [5.74, 6) is 1.24. The first kappa shape index (κ1) is 15.7. The van der Waals surface area contributed by atoms with Gasteiger partial charge in [-0.05, 0) is 31.0 Å². The lowest BCUT2D eigenvalue weighted by atomic mass is 10.2. The molecule has 5 nitrogen and oxygen atoms in total. The summed E-state index contributed by atoms with van der Waals surface area (Å²) in [6.45, 7) is 5.14. The number of rotatable bonds is 7. The van der Waals surface area contributed by atoms with E-state index in [2.05, 4.69) is 48.7 Å². The number of nitrogens with one attached hydrogen (secondary N) is 2. The third-order valence-corrected chi connectivity index (χ3v) is 3.93. The molecular formula is C15H20BrN5. The van der Waals surface area contributed by atoms with Crippen molar-refractivity contribution in [2.45, 2.75) is 33.1 Å². The topological polar surface area (TPSA) is 62.7 Å². The summed E-state index contributed by atoms with van der Waals surface area (Å²) < 4.78 is 1.05. The molecule has 0 spiro atoms. The van der Waals surface area contributed by atoms with Crippen molar-refractivity contribution in [2.75, 3.05) is 17.2 Å². The molecule has 112 valence electrons. The van der Waals surface area contributed by atoms with Crippen LogP contribution in [0.3, 0.4) is 0 Å². The predicted molar refractivity (Wildman–Crippen MR) is 90.0 cm³/mol. The van der Waals surface area contributed by atoms with Gasteiger partial charge in [0.25, 0.3) is 0 Å². The molecule has 1 aromatic carbocycles. The Bertz CT molecular complexity index is 588. The number of aromatic nitrogens is 3. The first-order chi connectivity index (χ1) is 10.2. The second-order valence-corrected chi connectivity index (χ2v) is 5.74. The normalized spacial score (nSPS) is 10.4. The first-order valence-corrected chi connectivity index (χ1v) is 7.95. The Kier molecular flexibility index (Phi) is 5.92. The minimum absolute atomic E-state index is 0.492. The van der Waals surface area contributed by atoms with E-state index < -0.39 is 0 Å². The van der Waals surface area contributed by atoms with Crippen LogP contribution in [0.4, 0.5) is 17.5 Å². The van der Waals surface area contributed by atoms with Crippen molar-refractivity contribution >= 4 is 33.4 Å². The van der Waals surface area contributed by atoms with Crippen LogP contribution in [0.2, 0.25) is 0 Å². The smallest absolute Gasteiger partial charge is 0.249 e. The molecule has 2 rings (SSSR count). The van der Waals surface area contributed by atoms with Crippen LogP contribution in [0.25, 0.3) is 0 Å². The summed E-state index contributed by atoms with van der Waals surface area (Å²) in [4.78, 5) is 4.41. The van der Waals surface area contributed by atoms with Crippen LogP contribution in [-0.2, 0) is 0 Å². The maximum atomic E-state index is 4.41. The number of benzene rings is 1. The molecule has 0 aliphatic heterocycles. The third-order valence-electron chi connectivity index (χ3n) is 3.07. The van der Waals surface area contributed by atoms with Crippen LogP contribution >= 0.6 is 15.9 Å². The Labute approximate surface area is 133 Å². The minimum Gasteiger partial charge on any atom is -0.369 e. The zero-order valence-corrected chi connectivity index (χ0v) is 13.9. The SMILES string of the molecule is CCCCCNc1cnnc(Nc2ccc(C)c(Br)c2)n1. The zero-order valence-electron chi connectivity index (χ0n) is 12.4. The molecule has 0 bridgehead atoms. The van der Waals surface area contributed by atoms with E-state index in [1.54, 1.807) is 6.20 Å². The summed E-state index contributed by atoms with van der Waals surface area (Å²) in [6.07, 6.45) is 5.20. The van der Waals surface area contributed by atoms with E-state index in [0.29, 0.717) is 5.95 Å². The van der Waals surface area contributed by atoms with Crippen LogP contribution in [0.15, 0.2) is 28.9 Å². The van der Waals surface area contributed by atoms with Gasteiger partial charge >= 0.3 is 0 Å². The average molecular weight is 350 g/mol. The first-order valence-electron chi connectivity index (χ1n) is 7.16. The van der Waals surface area contributed by atoms with Crippen LogP contribution in [0, 0.1) is 6.92 Å². The van der Waals surface area contributed by atoms with E-state index in [1.165, 1.54) is 18.4 Å². The molecule has 0 saturated heterocycles. The molecule has 1 aromatic heterocycles. The lowest BCUT2D eigenvalue weighted by Crippen LogP contribution is -2.06. The van der Waals surface area contributed by atoms with E-state index in [4.69, 9.17) is 0 Å². The second-order valence-electron chi connectivity index (χ2n) is 4.89. The molecule has 2 aromatic rings. The molecule has 6 heteroatoms. The Morgan fingerprint density at radius 3 is 2.86 bits per heavy atom. The Hall–Kier alpha value is -1.69. The molecule has 0 atom stereocenters. The van der Waals surface area contributed by atoms with Crippen molar-refractivity contribution in [3.63, 3.8) is 0 Å². The summed E-state index contributed by atoms with van der Waals surface area (Å²) in [6, 6.07) is 6.03. The Balaban J connectivity index is 1.98. The maximum absolute atomic E-state index is 4.41. The number of unbranched alkanes of at least 4 members (excludes halogenated alkanes) is 2. The number of anilines is 3. The maximum Gasteiger partial charge on any atom is 0.249 e. The number of hydrogen-bond acceptors (Lipinski definition) is 5. The summed E-state index contributed by atoms with van der Waals surface area (Å²) >= 11 is 3.51. The van der Waals surface area contributed by atoms with Gasteiger partial charge in [-0.15, -0.1) is 5.10 Å². The number of hydrogen-bond donors (Lipinski definition) is 2. The van der Waals surface area contributed by atoms with Gasteiger partial charge in [-0.2, -0.15) is 10.1 Å². The molecule has 0 aliphatic carbocycles. The minimum atomic E-state index is 0.492. The highest BCUT2D eigenvalue weighted by atomic mass is 79.9. The average Bonchev–Trinajstić information content (AvgIpc) is 2.48. The fourth-order valence-electron chi connectivity index (χ4n) is 1.83. The third kappa shape index (κ3) is 4.97. The van der Waals surface area contributed by atoms with E-state index in [0.717, 1.165) is 28.9 Å². The van der Waals surface area contributed by atoms with Crippen LogP contribution in [-0.4, -0.2) is 21.7 Å². The summed E-state index contributed by atoms with van der Waals surface area (Å²) in [7, 11) is 0. The lowest BCUT2D eigenvalue weighted by molar-refractivity contribution is 0.741. The predicted octanol–water partition coefficient (Wildman–Crippen LogP) is 4.29. The van der Waals surface area contributed by atoms with Gasteiger partial charge in [0.15, 0.2) is 5.82 Å². The van der Waals surface area contributed by atoms with Crippen LogP contribution < -0.4 is 10.6 Å². The van der Waals surface area contributed by atoms with Crippen molar-refractivity contribution in [1.82, 2.24) is 15.2 Å². The fourth-order valence-corrected chi connectivity index (χ4v) is 2.21. The molecule has 0 aliphatic rings. The quantitative estimate of drug-likeness (QED) is 0.730. The number of aryl methyl sites for hydroxylation is 1. The molecule has 1 heterocycles. The molecule has 0 saturated carbocycles. The van der Waals surface area contributed by atoms with Gasteiger partial charge in [0, 0.05) is 16.7 Å². The molecule has 21 heavy (non-hydrogen) atoms. The van der Waals surface area contributed by atoms with Gasteiger partial charge in [-0.3, -0.25) is 0 Å². The molecule has 0 fully saturated rings. The number of nitrogens with zero attached hydrogens (tertiary/aromatic N) is 3. The fraction of sp³-hybridized carbons (Fsp3) is 0.400. The van der Waals surface area contributed by atoms with E-state index >= 15 is 0 Å². The van der Waals surface area contributed by atoms with Crippen molar-refractivity contribution < 1.29 is 0 Å². The van der Waals surface area contributed by atoms with Crippen molar-refractivity contribution in [3.05, 3.63) is 34.4 Å². The van der Waals surface area contributed by atoms with Crippen molar-refractivity contribution in [2.24, 2.45) is 0 Å². The van der Waals surface area contributed by atoms with E-state index in [9.17, 15) is 0 Å². The van der Waals surface area contributed by atoms with Gasteiger partial charge in [-0.1, -0.05) is 41.8 Å². The summed E-state index contributed by atoms with van der Waals surface area (Å²) in [5.41, 5.74) is 2.11. The van der Waals surface area contributed by atoms with E-state index in [1.807, 2.05) is 25.1 Å². The Morgan fingerprint density at radius 1 is 1.24 bits per heavy atom. The Morgan fingerprint density at radius 2 is 2.10 bits per heavy atom. The highest BCUT2D eigenvalue weighted by Crippen LogP contribution is 2.22. The molecule has 0 unspecified atom stereocenters. The van der Waals surface area contributed by atoms with E-state index in [-0.39, 0.29) is 0 Å². The second kappa shape index (κ2) is 7.93. The monoisotopic (exact) mass is 349 g/mol. The highest BCUT2D eigenvalue weighted by Gasteiger charge is 2.02.